The molecule has 1 aromatic heterocycles. The predicted octanol–water partition coefficient (Wildman–Crippen LogP) is 0.736. The number of hydrogen-bond donors (Lipinski definition) is 2. The largest absolute Gasteiger partial charge is 0.479 e. The molecule has 0 aliphatic heterocycles. The van der Waals surface area contributed by atoms with Crippen molar-refractivity contribution in [2.45, 2.75) is 12.5 Å². The Kier molecular flexibility index (Phi) is 2.62. The van der Waals surface area contributed by atoms with Gasteiger partial charge in [-0.05, 0) is 11.4 Å². The summed E-state index contributed by atoms with van der Waals surface area (Å²) < 4.78 is 0. The molecule has 0 bridgehead atoms. The minimum absolute atomic E-state index is 0.201. The van der Waals surface area contributed by atoms with Crippen molar-refractivity contribution in [2.75, 3.05) is 0 Å². The Hall–Kier alpha value is -0.870. The lowest BCUT2D eigenvalue weighted by molar-refractivity contribution is -0.146. The maximum absolute atomic E-state index is 10.2. The molecule has 0 amide bonds. The van der Waals surface area contributed by atoms with Crippen molar-refractivity contribution in [3.8, 4) is 0 Å². The third kappa shape index (κ3) is 2.32. The van der Waals surface area contributed by atoms with E-state index in [4.69, 9.17) is 10.2 Å². The Bertz CT molecular complexity index is 230. The Morgan fingerprint density at radius 2 is 2.45 bits per heavy atom. The summed E-state index contributed by atoms with van der Waals surface area (Å²) in [7, 11) is 0. The number of thiophene rings is 1. The van der Waals surface area contributed by atoms with Crippen molar-refractivity contribution < 1.29 is 15.0 Å². The predicted molar refractivity (Wildman–Crippen MR) is 41.7 cm³/mol. The van der Waals surface area contributed by atoms with E-state index >= 15 is 0 Å². The van der Waals surface area contributed by atoms with Gasteiger partial charge in [0.15, 0.2) is 6.10 Å². The van der Waals surface area contributed by atoms with Crippen LogP contribution in [0, 0.1) is 0 Å². The second kappa shape index (κ2) is 3.50. The van der Waals surface area contributed by atoms with Crippen LogP contribution in [0.15, 0.2) is 17.5 Å². The van der Waals surface area contributed by atoms with Crippen LogP contribution in [-0.2, 0) is 11.2 Å². The van der Waals surface area contributed by atoms with Gasteiger partial charge in [0.2, 0.25) is 0 Å². The molecule has 0 fully saturated rings. The first-order chi connectivity index (χ1) is 5.20. The molecule has 0 aliphatic carbocycles. The second-order valence-electron chi connectivity index (χ2n) is 2.14. The van der Waals surface area contributed by atoms with E-state index in [9.17, 15) is 4.79 Å². The molecular formula is C7H8O3S. The van der Waals surface area contributed by atoms with E-state index in [0.29, 0.717) is 0 Å². The summed E-state index contributed by atoms with van der Waals surface area (Å²) in [6, 6.07) is 3.63. The smallest absolute Gasteiger partial charge is 0.332 e. The van der Waals surface area contributed by atoms with Crippen LogP contribution in [0.3, 0.4) is 0 Å². The van der Waals surface area contributed by atoms with Gasteiger partial charge < -0.3 is 10.2 Å². The molecular weight excluding hydrogens is 164 g/mol. The van der Waals surface area contributed by atoms with Crippen LogP contribution in [0.2, 0.25) is 0 Å². The Balaban J connectivity index is 2.50. The van der Waals surface area contributed by atoms with Crippen molar-refractivity contribution in [2.24, 2.45) is 0 Å². The highest BCUT2D eigenvalue weighted by molar-refractivity contribution is 7.09. The van der Waals surface area contributed by atoms with Crippen LogP contribution in [0.5, 0.6) is 0 Å². The van der Waals surface area contributed by atoms with Gasteiger partial charge in [-0.15, -0.1) is 11.3 Å². The average molecular weight is 172 g/mol. The molecule has 3 nitrogen and oxygen atoms in total. The number of aliphatic carboxylic acids is 1. The van der Waals surface area contributed by atoms with Gasteiger partial charge in [0, 0.05) is 11.3 Å². The molecule has 0 radical (unpaired) electrons. The highest BCUT2D eigenvalue weighted by atomic mass is 32.1. The number of carbonyl (C=O) groups is 1. The SMILES string of the molecule is O=C(O)C(O)Cc1cccs1. The first-order valence-corrected chi connectivity index (χ1v) is 4.01. The molecule has 0 aromatic carbocycles. The van der Waals surface area contributed by atoms with Crippen LogP contribution < -0.4 is 0 Å². The fourth-order valence-electron chi connectivity index (χ4n) is 0.707. The van der Waals surface area contributed by atoms with Gasteiger partial charge in [-0.25, -0.2) is 4.79 Å². The van der Waals surface area contributed by atoms with Crippen LogP contribution in [0.4, 0.5) is 0 Å². The number of aliphatic hydroxyl groups excluding tert-OH is 1. The van der Waals surface area contributed by atoms with Crippen LogP contribution >= 0.6 is 11.3 Å². The maximum Gasteiger partial charge on any atom is 0.332 e. The van der Waals surface area contributed by atoms with Crippen molar-refractivity contribution >= 4 is 17.3 Å². The standard InChI is InChI=1S/C7H8O3S/c8-6(7(9)10)4-5-2-1-3-11-5/h1-3,6,8H,4H2,(H,9,10). The number of aliphatic hydroxyl groups is 1. The molecule has 0 spiro atoms. The van der Waals surface area contributed by atoms with Gasteiger partial charge in [0.05, 0.1) is 0 Å². The minimum Gasteiger partial charge on any atom is -0.479 e. The Labute approximate surface area is 67.9 Å². The van der Waals surface area contributed by atoms with E-state index in [1.54, 1.807) is 6.07 Å². The van der Waals surface area contributed by atoms with Crippen molar-refractivity contribution in [1.82, 2.24) is 0 Å². The topological polar surface area (TPSA) is 57.5 Å². The number of carboxylic acids is 1. The first-order valence-electron chi connectivity index (χ1n) is 3.13. The summed E-state index contributed by atoms with van der Waals surface area (Å²) in [5.41, 5.74) is 0. The van der Waals surface area contributed by atoms with Gasteiger partial charge >= 0.3 is 5.97 Å². The maximum atomic E-state index is 10.2. The Morgan fingerprint density at radius 1 is 1.73 bits per heavy atom. The van der Waals surface area contributed by atoms with E-state index in [1.165, 1.54) is 11.3 Å². The molecule has 1 atom stereocenters. The molecule has 60 valence electrons. The molecule has 2 N–H and O–H groups in total. The average Bonchev–Trinajstić information content (AvgIpc) is 2.39. The summed E-state index contributed by atoms with van der Waals surface area (Å²) in [5, 5.41) is 19.1. The number of carboxylic acid groups (broad SMARTS) is 1. The van der Waals surface area contributed by atoms with E-state index < -0.39 is 12.1 Å². The zero-order chi connectivity index (χ0) is 8.27. The van der Waals surface area contributed by atoms with Gasteiger partial charge in [0.25, 0.3) is 0 Å². The molecule has 1 unspecified atom stereocenters. The molecule has 1 aromatic rings. The fraction of sp³-hybridized carbons (Fsp3) is 0.286. The highest BCUT2D eigenvalue weighted by Gasteiger charge is 2.13. The summed E-state index contributed by atoms with van der Waals surface area (Å²) >= 11 is 1.45. The van der Waals surface area contributed by atoms with Gasteiger partial charge in [-0.1, -0.05) is 6.07 Å². The summed E-state index contributed by atoms with van der Waals surface area (Å²) in [6.07, 6.45) is -1.07. The zero-order valence-corrected chi connectivity index (χ0v) is 6.54. The van der Waals surface area contributed by atoms with E-state index in [0.717, 1.165) is 4.88 Å². The monoisotopic (exact) mass is 172 g/mol. The molecule has 1 rings (SSSR count). The zero-order valence-electron chi connectivity index (χ0n) is 5.73. The lowest BCUT2D eigenvalue weighted by Gasteiger charge is -2.01. The van der Waals surface area contributed by atoms with E-state index in [2.05, 4.69) is 0 Å². The van der Waals surface area contributed by atoms with Crippen LogP contribution in [0.1, 0.15) is 4.88 Å². The summed E-state index contributed by atoms with van der Waals surface area (Å²) in [4.78, 5) is 11.1. The normalized spacial score (nSPS) is 12.8. The van der Waals surface area contributed by atoms with E-state index in [-0.39, 0.29) is 6.42 Å². The van der Waals surface area contributed by atoms with Gasteiger partial charge in [-0.2, -0.15) is 0 Å². The second-order valence-corrected chi connectivity index (χ2v) is 3.17. The minimum atomic E-state index is -1.27. The molecule has 0 saturated heterocycles. The van der Waals surface area contributed by atoms with Gasteiger partial charge in [0.1, 0.15) is 0 Å². The number of rotatable bonds is 3. The van der Waals surface area contributed by atoms with Crippen LogP contribution in [-0.4, -0.2) is 22.3 Å². The fourth-order valence-corrected chi connectivity index (χ4v) is 1.45. The van der Waals surface area contributed by atoms with Crippen molar-refractivity contribution in [3.05, 3.63) is 22.4 Å². The third-order valence-corrected chi connectivity index (χ3v) is 2.16. The highest BCUT2D eigenvalue weighted by Crippen LogP contribution is 2.10. The molecule has 4 heteroatoms. The molecule has 1 heterocycles. The van der Waals surface area contributed by atoms with Crippen molar-refractivity contribution in [1.29, 1.82) is 0 Å². The number of hydrogen-bond acceptors (Lipinski definition) is 3. The van der Waals surface area contributed by atoms with Crippen LogP contribution in [0.25, 0.3) is 0 Å². The van der Waals surface area contributed by atoms with Crippen molar-refractivity contribution in [3.63, 3.8) is 0 Å². The molecule has 11 heavy (non-hydrogen) atoms. The Morgan fingerprint density at radius 3 is 2.91 bits per heavy atom. The van der Waals surface area contributed by atoms with E-state index in [1.807, 2.05) is 11.4 Å². The lowest BCUT2D eigenvalue weighted by atomic mass is 10.2. The summed E-state index contributed by atoms with van der Waals surface area (Å²) in [6.45, 7) is 0. The first kappa shape index (κ1) is 8.23. The quantitative estimate of drug-likeness (QED) is 0.706. The third-order valence-electron chi connectivity index (χ3n) is 1.26. The lowest BCUT2D eigenvalue weighted by Crippen LogP contribution is -2.21. The van der Waals surface area contributed by atoms with Gasteiger partial charge in [-0.3, -0.25) is 0 Å². The molecule has 0 saturated carbocycles. The summed E-state index contributed by atoms with van der Waals surface area (Å²) in [5.74, 6) is -1.17. The molecule has 0 aliphatic rings.